The van der Waals surface area contributed by atoms with Gasteiger partial charge in [-0.1, -0.05) is 113 Å². The summed E-state index contributed by atoms with van der Waals surface area (Å²) in [7, 11) is 0. The lowest BCUT2D eigenvalue weighted by Crippen LogP contribution is -1.94. The van der Waals surface area contributed by atoms with Gasteiger partial charge in [0.2, 0.25) is 0 Å². The molecular formula is C38H36S. The van der Waals surface area contributed by atoms with E-state index in [1.54, 1.807) is 5.56 Å². The van der Waals surface area contributed by atoms with Crippen LogP contribution in [-0.2, 0) is 12.8 Å². The number of hydrogen-bond donors (Lipinski definition) is 0. The summed E-state index contributed by atoms with van der Waals surface area (Å²) in [6, 6.07) is 20.7. The number of benzene rings is 5. The first-order valence-corrected chi connectivity index (χ1v) is 15.9. The van der Waals surface area contributed by atoms with Gasteiger partial charge in [-0.3, -0.25) is 0 Å². The fraction of sp³-hybridized carbons (Fsp3) is 0.316. The number of aryl methyl sites for hydroxylation is 1. The highest BCUT2D eigenvalue weighted by atomic mass is 32.1. The van der Waals surface area contributed by atoms with Gasteiger partial charge in [0, 0.05) is 5.56 Å². The molecule has 39 heavy (non-hydrogen) atoms. The normalized spacial score (nSPS) is 12.2. The fourth-order valence-corrected chi connectivity index (χ4v) is 7.88. The van der Waals surface area contributed by atoms with Crippen LogP contribution < -0.4 is 0 Å². The molecule has 0 fully saturated rings. The van der Waals surface area contributed by atoms with Gasteiger partial charge in [0.25, 0.3) is 0 Å². The fourth-order valence-electron chi connectivity index (χ4n) is 6.88. The van der Waals surface area contributed by atoms with E-state index in [2.05, 4.69) is 85.7 Å². The van der Waals surface area contributed by atoms with Crippen LogP contribution in [0.4, 0.5) is 0 Å². The van der Waals surface area contributed by atoms with Gasteiger partial charge in [0.15, 0.2) is 0 Å². The molecule has 0 bridgehead atoms. The lowest BCUT2D eigenvalue weighted by Gasteiger charge is -2.08. The van der Waals surface area contributed by atoms with E-state index in [-0.39, 0.29) is 0 Å². The van der Waals surface area contributed by atoms with Gasteiger partial charge >= 0.3 is 0 Å². The Morgan fingerprint density at radius 2 is 1.13 bits per heavy atom. The maximum Gasteiger partial charge on any atom is 0.0806 e. The van der Waals surface area contributed by atoms with Crippen molar-refractivity contribution in [1.82, 2.24) is 0 Å². The molecule has 7 rings (SSSR count). The maximum atomic E-state index is 3.70. The third-order valence-corrected chi connectivity index (χ3v) is 9.88. The molecular weight excluding hydrogens is 488 g/mol. The summed E-state index contributed by atoms with van der Waals surface area (Å²) in [6.45, 7) is 4.59. The van der Waals surface area contributed by atoms with E-state index in [1.165, 1.54) is 134 Å². The van der Waals surface area contributed by atoms with Gasteiger partial charge in [-0.05, 0) is 102 Å². The zero-order valence-corrected chi connectivity index (χ0v) is 24.1. The summed E-state index contributed by atoms with van der Waals surface area (Å²) in [6.07, 6.45) is 12.9. The first-order valence-electron chi connectivity index (χ1n) is 15.1. The first kappa shape index (κ1) is 24.7. The van der Waals surface area contributed by atoms with Crippen LogP contribution in [0.2, 0.25) is 0 Å². The zero-order chi connectivity index (χ0) is 26.3. The number of unbranched alkanes of at least 4 members (excludes halogenated alkanes) is 6. The minimum atomic E-state index is 1.17. The number of thiophene rings is 1. The monoisotopic (exact) mass is 524 g/mol. The molecule has 7 aromatic rings. The van der Waals surface area contributed by atoms with Crippen molar-refractivity contribution in [2.24, 2.45) is 0 Å². The average Bonchev–Trinajstić information content (AvgIpc) is 3.54. The summed E-state index contributed by atoms with van der Waals surface area (Å²) in [5.41, 5.74) is 4.26. The molecule has 0 nitrogen and oxygen atoms in total. The van der Waals surface area contributed by atoms with Crippen molar-refractivity contribution in [3.63, 3.8) is 0 Å². The van der Waals surface area contributed by atoms with E-state index >= 15 is 0 Å². The standard InChI is InChI=1S/C38H36S/c1-3-5-7-9-11-30-24-39-33(31(30)12-10-8-6-4-2)22-20-28-23-29-18-17-26-14-13-25-15-16-27-19-21-32(28)38-36(27)34(25)35(26)37(29)38/h13-19,21,23-24H,3-12H2,1-2H3. The van der Waals surface area contributed by atoms with Crippen LogP contribution in [0.5, 0.6) is 0 Å². The summed E-state index contributed by atoms with van der Waals surface area (Å²) in [5.74, 6) is 7.40. The molecule has 0 aliphatic heterocycles. The van der Waals surface area contributed by atoms with Gasteiger partial charge in [0.1, 0.15) is 0 Å². The molecule has 0 atom stereocenters. The van der Waals surface area contributed by atoms with Crippen LogP contribution in [0.15, 0.2) is 60.0 Å². The SMILES string of the molecule is CCCCCCc1csc(C#Cc2cc3ccc4ccc5ccc6ccc2c2c6c5c4c32)c1CCCCCC. The third-order valence-electron chi connectivity index (χ3n) is 8.89. The Morgan fingerprint density at radius 1 is 0.564 bits per heavy atom. The Labute approximate surface area is 236 Å². The molecule has 6 aromatic carbocycles. The maximum absolute atomic E-state index is 3.70. The van der Waals surface area contributed by atoms with E-state index in [4.69, 9.17) is 0 Å². The second kappa shape index (κ2) is 10.3. The molecule has 1 heteroatoms. The molecule has 0 radical (unpaired) electrons. The van der Waals surface area contributed by atoms with Gasteiger partial charge < -0.3 is 0 Å². The molecule has 0 unspecified atom stereocenters. The smallest absolute Gasteiger partial charge is 0.0806 e. The van der Waals surface area contributed by atoms with E-state index < -0.39 is 0 Å². The topological polar surface area (TPSA) is 0 Å². The Morgan fingerprint density at radius 3 is 1.79 bits per heavy atom. The summed E-state index contributed by atoms with van der Waals surface area (Å²) in [5, 5.41) is 16.2. The Kier molecular flexibility index (Phi) is 6.54. The van der Waals surface area contributed by atoms with Crippen molar-refractivity contribution in [3.8, 4) is 11.8 Å². The predicted octanol–water partition coefficient (Wildman–Crippen LogP) is 11.5. The molecule has 0 saturated heterocycles. The van der Waals surface area contributed by atoms with Crippen molar-refractivity contribution < 1.29 is 0 Å². The van der Waals surface area contributed by atoms with Crippen molar-refractivity contribution in [1.29, 1.82) is 0 Å². The van der Waals surface area contributed by atoms with Crippen LogP contribution in [0.25, 0.3) is 53.9 Å². The molecule has 1 heterocycles. The Bertz CT molecular complexity index is 1900. The minimum Gasteiger partial charge on any atom is -0.135 e. The lowest BCUT2D eigenvalue weighted by atomic mass is 9.95. The van der Waals surface area contributed by atoms with Crippen LogP contribution in [0, 0.1) is 11.8 Å². The minimum absolute atomic E-state index is 1.17. The quantitative estimate of drug-likeness (QED) is 0.0948. The summed E-state index contributed by atoms with van der Waals surface area (Å²) < 4.78 is 0. The highest BCUT2D eigenvalue weighted by molar-refractivity contribution is 7.10. The third kappa shape index (κ3) is 4.13. The summed E-state index contributed by atoms with van der Waals surface area (Å²) in [4.78, 5) is 1.29. The van der Waals surface area contributed by atoms with Crippen LogP contribution in [0.1, 0.15) is 86.8 Å². The number of rotatable bonds is 10. The predicted molar refractivity (Wildman–Crippen MR) is 174 cm³/mol. The molecule has 1 aromatic heterocycles. The molecule has 0 aliphatic carbocycles. The highest BCUT2D eigenvalue weighted by Gasteiger charge is 2.21. The van der Waals surface area contributed by atoms with E-state index in [0.717, 1.165) is 0 Å². The van der Waals surface area contributed by atoms with Crippen LogP contribution >= 0.6 is 11.3 Å². The van der Waals surface area contributed by atoms with Gasteiger partial charge in [-0.2, -0.15) is 0 Å². The van der Waals surface area contributed by atoms with Crippen molar-refractivity contribution in [2.75, 3.05) is 0 Å². The van der Waals surface area contributed by atoms with Gasteiger partial charge in [0.05, 0.1) is 4.88 Å². The first-order chi connectivity index (χ1) is 19.3. The van der Waals surface area contributed by atoms with Crippen molar-refractivity contribution in [3.05, 3.63) is 81.5 Å². The van der Waals surface area contributed by atoms with E-state index in [0.29, 0.717) is 0 Å². The molecule has 0 amide bonds. The van der Waals surface area contributed by atoms with Crippen LogP contribution in [0.3, 0.4) is 0 Å². The van der Waals surface area contributed by atoms with E-state index in [1.807, 2.05) is 11.3 Å². The molecule has 0 N–H and O–H groups in total. The average molecular weight is 525 g/mol. The second-order valence-corrected chi connectivity index (χ2v) is 12.3. The van der Waals surface area contributed by atoms with Crippen LogP contribution in [-0.4, -0.2) is 0 Å². The van der Waals surface area contributed by atoms with Crippen molar-refractivity contribution in [2.45, 2.75) is 78.1 Å². The van der Waals surface area contributed by atoms with Gasteiger partial charge in [-0.25, -0.2) is 0 Å². The Hall–Kier alpha value is -3.34. The molecule has 0 aliphatic rings. The van der Waals surface area contributed by atoms with E-state index in [9.17, 15) is 0 Å². The highest BCUT2D eigenvalue weighted by Crippen LogP contribution is 2.48. The summed E-state index contributed by atoms with van der Waals surface area (Å²) >= 11 is 1.87. The van der Waals surface area contributed by atoms with Crippen molar-refractivity contribution >= 4 is 65.2 Å². The molecule has 0 saturated carbocycles. The molecule has 194 valence electrons. The number of hydrogen-bond acceptors (Lipinski definition) is 1. The second-order valence-electron chi connectivity index (χ2n) is 11.4. The Balaban J connectivity index is 1.34. The lowest BCUT2D eigenvalue weighted by molar-refractivity contribution is 0.652. The largest absolute Gasteiger partial charge is 0.135 e. The van der Waals surface area contributed by atoms with Gasteiger partial charge in [-0.15, -0.1) is 11.3 Å². The molecule has 0 spiro atoms. The zero-order valence-electron chi connectivity index (χ0n) is 23.3.